The van der Waals surface area contributed by atoms with Gasteiger partial charge < -0.3 is 19.5 Å². The predicted octanol–water partition coefficient (Wildman–Crippen LogP) is 0.505. The fourth-order valence-corrected chi connectivity index (χ4v) is 2.71. The van der Waals surface area contributed by atoms with E-state index in [1.807, 2.05) is 6.92 Å². The molecule has 0 radical (unpaired) electrons. The molecule has 2 fully saturated rings. The number of carbonyl (C=O) groups is 2. The molecular formula is C13H21NO5. The lowest BCUT2D eigenvalue weighted by Crippen LogP contribution is -2.51. The number of ether oxygens (including phenoxy) is 2. The minimum Gasteiger partial charge on any atom is -0.481 e. The highest BCUT2D eigenvalue weighted by Gasteiger charge is 2.42. The van der Waals surface area contributed by atoms with E-state index in [2.05, 4.69) is 0 Å². The van der Waals surface area contributed by atoms with Crippen LogP contribution in [0.2, 0.25) is 0 Å². The Bertz CT molecular complexity index is 343. The van der Waals surface area contributed by atoms with Crippen molar-refractivity contribution < 1.29 is 24.2 Å². The van der Waals surface area contributed by atoms with E-state index in [0.717, 1.165) is 0 Å². The summed E-state index contributed by atoms with van der Waals surface area (Å²) in [7, 11) is 0. The molecule has 1 atom stereocenters. The molecule has 0 aromatic rings. The third kappa shape index (κ3) is 2.90. The summed E-state index contributed by atoms with van der Waals surface area (Å²) in [5, 5.41) is 9.31. The smallest absolute Gasteiger partial charge is 0.309 e. The van der Waals surface area contributed by atoms with Crippen LogP contribution in [0.5, 0.6) is 0 Å². The molecule has 0 spiro atoms. The molecule has 2 saturated heterocycles. The maximum absolute atomic E-state index is 12.2. The Balaban J connectivity index is 1.92. The van der Waals surface area contributed by atoms with Gasteiger partial charge in [0.05, 0.1) is 25.2 Å². The van der Waals surface area contributed by atoms with Crippen LogP contribution in [-0.4, -0.2) is 60.9 Å². The van der Waals surface area contributed by atoms with Crippen molar-refractivity contribution in [2.75, 3.05) is 32.9 Å². The molecular weight excluding hydrogens is 250 g/mol. The minimum atomic E-state index is -0.751. The fourth-order valence-electron chi connectivity index (χ4n) is 2.71. The van der Waals surface area contributed by atoms with E-state index in [9.17, 15) is 14.7 Å². The summed E-state index contributed by atoms with van der Waals surface area (Å²) in [5.41, 5.74) is -0.666. The van der Waals surface area contributed by atoms with Crippen molar-refractivity contribution in [3.63, 3.8) is 0 Å². The summed E-state index contributed by atoms with van der Waals surface area (Å²) in [5.74, 6) is -0.825. The van der Waals surface area contributed by atoms with E-state index in [0.29, 0.717) is 52.2 Å². The molecule has 0 bridgehead atoms. The molecule has 19 heavy (non-hydrogen) atoms. The van der Waals surface area contributed by atoms with Crippen LogP contribution in [0.15, 0.2) is 0 Å². The first kappa shape index (κ1) is 14.3. The van der Waals surface area contributed by atoms with Gasteiger partial charge in [-0.2, -0.15) is 0 Å². The van der Waals surface area contributed by atoms with Gasteiger partial charge in [-0.15, -0.1) is 0 Å². The molecule has 0 saturated carbocycles. The Morgan fingerprint density at radius 2 is 2.00 bits per heavy atom. The van der Waals surface area contributed by atoms with Crippen molar-refractivity contribution in [3.8, 4) is 0 Å². The van der Waals surface area contributed by atoms with Gasteiger partial charge >= 0.3 is 5.97 Å². The van der Waals surface area contributed by atoms with Crippen LogP contribution < -0.4 is 0 Å². The van der Waals surface area contributed by atoms with Crippen LogP contribution in [0.4, 0.5) is 0 Å². The Morgan fingerprint density at radius 3 is 2.47 bits per heavy atom. The largest absolute Gasteiger partial charge is 0.481 e. The highest BCUT2D eigenvalue weighted by Crippen LogP contribution is 2.35. The molecule has 2 heterocycles. The summed E-state index contributed by atoms with van der Waals surface area (Å²) in [6.07, 6.45) is 1.11. The van der Waals surface area contributed by atoms with Gasteiger partial charge in [0.2, 0.25) is 0 Å². The molecule has 1 N–H and O–H groups in total. The normalized spacial score (nSPS) is 27.0. The van der Waals surface area contributed by atoms with Crippen LogP contribution in [0.1, 0.15) is 26.2 Å². The Kier molecular flexibility index (Phi) is 4.42. The number of carbonyl (C=O) groups excluding carboxylic acids is 1. The molecule has 108 valence electrons. The first-order valence-electron chi connectivity index (χ1n) is 6.80. The summed E-state index contributed by atoms with van der Waals surface area (Å²) in [6, 6.07) is 0. The van der Waals surface area contributed by atoms with E-state index >= 15 is 0 Å². The molecule has 2 aliphatic rings. The Hall–Kier alpha value is -1.14. The Morgan fingerprint density at radius 1 is 1.32 bits per heavy atom. The van der Waals surface area contributed by atoms with Crippen LogP contribution in [-0.2, 0) is 19.1 Å². The summed E-state index contributed by atoms with van der Waals surface area (Å²) in [4.78, 5) is 25.2. The number of hydrogen-bond donors (Lipinski definition) is 1. The number of piperidine rings is 1. The minimum absolute atomic E-state index is 0.0743. The van der Waals surface area contributed by atoms with Crippen molar-refractivity contribution in [1.29, 1.82) is 0 Å². The first-order valence-corrected chi connectivity index (χ1v) is 6.80. The SMILES string of the molecule is CCC1(C(=O)O)CCN(C(=O)C2COCCO2)CC1. The van der Waals surface area contributed by atoms with Gasteiger partial charge in [0.15, 0.2) is 6.10 Å². The lowest BCUT2D eigenvalue weighted by molar-refractivity contribution is -0.164. The van der Waals surface area contributed by atoms with Crippen LogP contribution in [0.25, 0.3) is 0 Å². The standard InChI is InChI=1S/C13H21NO5/c1-2-13(12(16)17)3-5-14(6-4-13)11(15)10-9-18-7-8-19-10/h10H,2-9H2,1H3,(H,16,17). The second-order valence-electron chi connectivity index (χ2n) is 5.20. The van der Waals surface area contributed by atoms with Crippen LogP contribution >= 0.6 is 0 Å². The van der Waals surface area contributed by atoms with Gasteiger partial charge in [-0.3, -0.25) is 9.59 Å². The third-order valence-corrected chi connectivity index (χ3v) is 4.25. The zero-order valence-electron chi connectivity index (χ0n) is 11.3. The molecule has 2 aliphatic heterocycles. The molecule has 6 heteroatoms. The summed E-state index contributed by atoms with van der Waals surface area (Å²) in [6.45, 7) is 4.13. The van der Waals surface area contributed by atoms with E-state index in [1.165, 1.54) is 0 Å². The number of amides is 1. The van der Waals surface area contributed by atoms with Gasteiger partial charge in [-0.05, 0) is 19.3 Å². The van der Waals surface area contributed by atoms with Gasteiger partial charge in [0, 0.05) is 13.1 Å². The average Bonchev–Trinajstić information content (AvgIpc) is 2.47. The summed E-state index contributed by atoms with van der Waals surface area (Å²) >= 11 is 0. The molecule has 1 unspecified atom stereocenters. The molecule has 0 aromatic heterocycles. The number of hydrogen-bond acceptors (Lipinski definition) is 4. The maximum atomic E-state index is 12.2. The number of nitrogens with zero attached hydrogens (tertiary/aromatic N) is 1. The molecule has 1 amide bonds. The zero-order valence-corrected chi connectivity index (χ0v) is 11.3. The van der Waals surface area contributed by atoms with E-state index < -0.39 is 17.5 Å². The van der Waals surface area contributed by atoms with E-state index in [4.69, 9.17) is 9.47 Å². The highest BCUT2D eigenvalue weighted by molar-refractivity contribution is 5.82. The molecule has 0 aromatic carbocycles. The fraction of sp³-hybridized carbons (Fsp3) is 0.846. The number of carboxylic acid groups (broad SMARTS) is 1. The number of rotatable bonds is 3. The zero-order chi connectivity index (χ0) is 13.9. The highest BCUT2D eigenvalue weighted by atomic mass is 16.6. The quantitative estimate of drug-likeness (QED) is 0.809. The predicted molar refractivity (Wildman–Crippen MR) is 66.7 cm³/mol. The number of carboxylic acids is 1. The number of likely N-dealkylation sites (tertiary alicyclic amines) is 1. The maximum Gasteiger partial charge on any atom is 0.309 e. The van der Waals surface area contributed by atoms with E-state index in [1.54, 1.807) is 4.90 Å². The molecule has 6 nitrogen and oxygen atoms in total. The van der Waals surface area contributed by atoms with Crippen molar-refractivity contribution in [2.24, 2.45) is 5.41 Å². The van der Waals surface area contributed by atoms with Crippen molar-refractivity contribution in [3.05, 3.63) is 0 Å². The van der Waals surface area contributed by atoms with Crippen LogP contribution in [0, 0.1) is 5.41 Å². The lowest BCUT2D eigenvalue weighted by atomic mass is 9.76. The van der Waals surface area contributed by atoms with E-state index in [-0.39, 0.29) is 5.91 Å². The second-order valence-corrected chi connectivity index (χ2v) is 5.20. The Labute approximate surface area is 112 Å². The van der Waals surface area contributed by atoms with Crippen molar-refractivity contribution in [2.45, 2.75) is 32.3 Å². The monoisotopic (exact) mass is 271 g/mol. The van der Waals surface area contributed by atoms with Gasteiger partial charge in [0.25, 0.3) is 5.91 Å². The average molecular weight is 271 g/mol. The van der Waals surface area contributed by atoms with Crippen LogP contribution in [0.3, 0.4) is 0 Å². The van der Waals surface area contributed by atoms with Gasteiger partial charge in [-0.25, -0.2) is 0 Å². The van der Waals surface area contributed by atoms with Crippen molar-refractivity contribution >= 4 is 11.9 Å². The molecule has 0 aliphatic carbocycles. The van der Waals surface area contributed by atoms with Gasteiger partial charge in [-0.1, -0.05) is 6.92 Å². The van der Waals surface area contributed by atoms with Crippen molar-refractivity contribution in [1.82, 2.24) is 4.90 Å². The molecule has 2 rings (SSSR count). The summed E-state index contributed by atoms with van der Waals surface area (Å²) < 4.78 is 10.6. The second kappa shape index (κ2) is 5.88. The topological polar surface area (TPSA) is 76.1 Å². The first-order chi connectivity index (χ1) is 9.09. The lowest BCUT2D eigenvalue weighted by Gasteiger charge is -2.39. The number of aliphatic carboxylic acids is 1. The van der Waals surface area contributed by atoms with Gasteiger partial charge in [0.1, 0.15) is 0 Å². The third-order valence-electron chi connectivity index (χ3n) is 4.25.